The number of amides is 2. The lowest BCUT2D eigenvalue weighted by molar-refractivity contribution is -0.140. The summed E-state index contributed by atoms with van der Waals surface area (Å²) >= 11 is 0. The molecule has 0 radical (unpaired) electrons. The highest BCUT2D eigenvalue weighted by molar-refractivity contribution is 7.92. The number of sulfonamides is 1. The summed E-state index contributed by atoms with van der Waals surface area (Å²) in [5.41, 5.74) is 5.08. The number of nitrogens with one attached hydrogen (secondary N) is 1. The Balaban J connectivity index is 1.73. The van der Waals surface area contributed by atoms with Crippen molar-refractivity contribution < 1.29 is 18.0 Å². The van der Waals surface area contributed by atoms with E-state index in [-0.39, 0.29) is 18.5 Å². The number of aryl methyl sites for hydroxylation is 3. The normalized spacial score (nSPS) is 14.7. The van der Waals surface area contributed by atoms with Crippen molar-refractivity contribution in [3.8, 4) is 0 Å². The molecule has 2 amide bonds. The number of nitrogens with zero attached hydrogens (tertiary/aromatic N) is 2. The minimum Gasteiger partial charge on any atom is -0.352 e. The first kappa shape index (κ1) is 31.3. The van der Waals surface area contributed by atoms with E-state index in [0.717, 1.165) is 70.5 Å². The molecule has 1 fully saturated rings. The fraction of sp³-hybridized carbons (Fsp3) is 0.412. The predicted octanol–water partition coefficient (Wildman–Crippen LogP) is 5.47. The Bertz CT molecular complexity index is 1460. The van der Waals surface area contributed by atoms with Crippen molar-refractivity contribution in [1.82, 2.24) is 10.2 Å². The molecule has 224 valence electrons. The van der Waals surface area contributed by atoms with Crippen molar-refractivity contribution in [3.63, 3.8) is 0 Å². The van der Waals surface area contributed by atoms with Gasteiger partial charge in [0.15, 0.2) is 0 Å². The van der Waals surface area contributed by atoms with Crippen LogP contribution in [0.3, 0.4) is 0 Å². The third kappa shape index (κ3) is 8.68. The monoisotopic (exact) mass is 589 g/mol. The van der Waals surface area contributed by atoms with Crippen molar-refractivity contribution in [2.45, 2.75) is 77.9 Å². The fourth-order valence-corrected chi connectivity index (χ4v) is 6.65. The molecule has 0 saturated heterocycles. The second kappa shape index (κ2) is 14.0. The molecule has 0 aromatic heterocycles. The van der Waals surface area contributed by atoms with Gasteiger partial charge in [0.25, 0.3) is 0 Å². The number of hydrogen-bond acceptors (Lipinski definition) is 4. The molecule has 7 nitrogen and oxygen atoms in total. The molecule has 1 atom stereocenters. The summed E-state index contributed by atoms with van der Waals surface area (Å²) in [5, 5.41) is 3.24. The summed E-state index contributed by atoms with van der Waals surface area (Å²) in [6, 6.07) is 22.3. The maximum Gasteiger partial charge on any atom is 0.244 e. The summed E-state index contributed by atoms with van der Waals surface area (Å²) in [7, 11) is -3.80. The van der Waals surface area contributed by atoms with E-state index in [1.807, 2.05) is 81.4 Å². The van der Waals surface area contributed by atoms with Gasteiger partial charge in [0, 0.05) is 19.0 Å². The van der Waals surface area contributed by atoms with Crippen LogP contribution in [-0.2, 0) is 32.6 Å². The second-order valence-electron chi connectivity index (χ2n) is 11.7. The van der Waals surface area contributed by atoms with E-state index in [0.29, 0.717) is 12.1 Å². The van der Waals surface area contributed by atoms with Crippen LogP contribution in [0.2, 0.25) is 0 Å². The van der Waals surface area contributed by atoms with Gasteiger partial charge in [-0.15, -0.1) is 0 Å². The van der Waals surface area contributed by atoms with Gasteiger partial charge in [0.2, 0.25) is 21.8 Å². The molecule has 0 unspecified atom stereocenters. The fourth-order valence-electron chi connectivity index (χ4n) is 5.81. The zero-order chi connectivity index (χ0) is 30.3. The molecule has 3 aromatic carbocycles. The van der Waals surface area contributed by atoms with Crippen LogP contribution in [-0.4, -0.2) is 50.0 Å². The maximum absolute atomic E-state index is 14.3. The van der Waals surface area contributed by atoms with E-state index in [1.165, 1.54) is 0 Å². The number of rotatable bonds is 11. The molecule has 1 aliphatic carbocycles. The van der Waals surface area contributed by atoms with E-state index in [9.17, 15) is 18.0 Å². The van der Waals surface area contributed by atoms with Crippen LogP contribution in [0.4, 0.5) is 5.69 Å². The van der Waals surface area contributed by atoms with Crippen molar-refractivity contribution in [2.75, 3.05) is 17.1 Å². The van der Waals surface area contributed by atoms with Crippen LogP contribution in [0.5, 0.6) is 0 Å². The van der Waals surface area contributed by atoms with E-state index < -0.39 is 28.5 Å². The van der Waals surface area contributed by atoms with Crippen molar-refractivity contribution in [1.29, 1.82) is 0 Å². The van der Waals surface area contributed by atoms with Gasteiger partial charge in [-0.1, -0.05) is 85.5 Å². The van der Waals surface area contributed by atoms with Crippen molar-refractivity contribution in [3.05, 3.63) is 101 Å². The third-order valence-electron chi connectivity index (χ3n) is 7.83. The molecule has 0 heterocycles. The Kier molecular flexibility index (Phi) is 10.4. The van der Waals surface area contributed by atoms with E-state index in [4.69, 9.17) is 0 Å². The summed E-state index contributed by atoms with van der Waals surface area (Å²) in [5.74, 6) is -0.634. The predicted molar refractivity (Wildman–Crippen MR) is 169 cm³/mol. The van der Waals surface area contributed by atoms with Gasteiger partial charge in [-0.05, 0) is 68.0 Å². The molecule has 42 heavy (non-hydrogen) atoms. The first-order valence-corrected chi connectivity index (χ1v) is 16.6. The number of carbonyl (C=O) groups excluding carboxylic acids is 2. The van der Waals surface area contributed by atoms with Crippen molar-refractivity contribution in [2.24, 2.45) is 0 Å². The second-order valence-corrected chi connectivity index (χ2v) is 13.6. The van der Waals surface area contributed by atoms with Gasteiger partial charge in [-0.3, -0.25) is 13.9 Å². The van der Waals surface area contributed by atoms with Gasteiger partial charge < -0.3 is 10.2 Å². The highest BCUT2D eigenvalue weighted by Gasteiger charge is 2.34. The summed E-state index contributed by atoms with van der Waals surface area (Å²) < 4.78 is 27.2. The van der Waals surface area contributed by atoms with E-state index >= 15 is 0 Å². The van der Waals surface area contributed by atoms with Crippen LogP contribution < -0.4 is 9.62 Å². The molecule has 1 aliphatic rings. The quantitative estimate of drug-likeness (QED) is 0.322. The van der Waals surface area contributed by atoms with Crippen molar-refractivity contribution >= 4 is 27.5 Å². The molecule has 8 heteroatoms. The highest BCUT2D eigenvalue weighted by Crippen LogP contribution is 2.24. The van der Waals surface area contributed by atoms with Gasteiger partial charge >= 0.3 is 0 Å². The van der Waals surface area contributed by atoms with Gasteiger partial charge in [0.05, 0.1) is 11.9 Å². The molecule has 0 aliphatic heterocycles. The maximum atomic E-state index is 14.3. The van der Waals surface area contributed by atoms with Crippen LogP contribution in [0.15, 0.2) is 72.8 Å². The Hall–Kier alpha value is -3.65. The van der Waals surface area contributed by atoms with E-state index in [2.05, 4.69) is 5.32 Å². The standard InChI is InChI=1S/C34H43N3O4S/c1-25-12-11-15-29(19-25)23-36(33(38)24-37(42(4,40)41)31-20-26(2)18-27(3)21-31)32(22-28-13-7-5-8-14-28)34(39)35-30-16-9-6-10-17-30/h5,7-8,11-15,18-21,30,32H,6,9-10,16-17,22-24H2,1-4H3,(H,35,39)/t32-/m0/s1. The molecular formula is C34H43N3O4S. The molecule has 1 saturated carbocycles. The molecule has 1 N–H and O–H groups in total. The molecular weight excluding hydrogens is 546 g/mol. The topological polar surface area (TPSA) is 86.8 Å². The Morgan fingerprint density at radius 2 is 1.48 bits per heavy atom. The SMILES string of the molecule is Cc1cccc(CN(C(=O)CN(c2cc(C)cc(C)c2)S(C)(=O)=O)[C@@H](Cc2ccccc2)C(=O)NC2CCCCC2)c1. The third-order valence-corrected chi connectivity index (χ3v) is 8.97. The lowest BCUT2D eigenvalue weighted by Gasteiger charge is -2.35. The number of benzene rings is 3. The molecule has 0 bridgehead atoms. The molecule has 3 aromatic rings. The van der Waals surface area contributed by atoms with Crippen LogP contribution in [0, 0.1) is 20.8 Å². The first-order chi connectivity index (χ1) is 20.0. The molecule has 4 rings (SSSR count). The van der Waals surface area contributed by atoms with Crippen LogP contribution >= 0.6 is 0 Å². The lowest BCUT2D eigenvalue weighted by atomic mass is 9.94. The zero-order valence-electron chi connectivity index (χ0n) is 25.2. The van der Waals surface area contributed by atoms with Gasteiger partial charge in [-0.25, -0.2) is 8.42 Å². The number of hydrogen-bond donors (Lipinski definition) is 1. The molecule has 0 spiro atoms. The smallest absolute Gasteiger partial charge is 0.244 e. The lowest BCUT2D eigenvalue weighted by Crippen LogP contribution is -2.55. The number of carbonyl (C=O) groups is 2. The Morgan fingerprint density at radius 3 is 2.10 bits per heavy atom. The average molecular weight is 590 g/mol. The summed E-state index contributed by atoms with van der Waals surface area (Å²) in [6.45, 7) is 5.55. The van der Waals surface area contributed by atoms with E-state index in [1.54, 1.807) is 17.0 Å². The largest absolute Gasteiger partial charge is 0.352 e. The Morgan fingerprint density at radius 1 is 0.833 bits per heavy atom. The van der Waals surface area contributed by atoms with Crippen LogP contribution in [0.25, 0.3) is 0 Å². The number of anilines is 1. The highest BCUT2D eigenvalue weighted by atomic mass is 32.2. The van der Waals surface area contributed by atoms with Gasteiger partial charge in [0.1, 0.15) is 12.6 Å². The minimum atomic E-state index is -3.80. The summed E-state index contributed by atoms with van der Waals surface area (Å²) in [6.07, 6.45) is 6.57. The first-order valence-electron chi connectivity index (χ1n) is 14.7. The average Bonchev–Trinajstić information content (AvgIpc) is 2.93. The summed E-state index contributed by atoms with van der Waals surface area (Å²) in [4.78, 5) is 29.9. The Labute approximate surface area is 251 Å². The minimum absolute atomic E-state index is 0.0724. The van der Waals surface area contributed by atoms with Crippen LogP contribution in [0.1, 0.15) is 59.9 Å². The van der Waals surface area contributed by atoms with Gasteiger partial charge in [-0.2, -0.15) is 0 Å². The zero-order valence-corrected chi connectivity index (χ0v) is 26.0.